The molecule has 26 heavy (non-hydrogen) atoms. The van der Waals surface area contributed by atoms with E-state index in [9.17, 15) is 23.3 Å². The zero-order valence-electron chi connectivity index (χ0n) is 14.1. The van der Waals surface area contributed by atoms with Gasteiger partial charge in [0.2, 0.25) is 0 Å². The Kier molecular flexibility index (Phi) is 6.35. The summed E-state index contributed by atoms with van der Waals surface area (Å²) < 4.78 is 24.5. The number of sulfonamides is 1. The van der Waals surface area contributed by atoms with Gasteiger partial charge in [0.25, 0.3) is 21.6 Å². The smallest absolute Gasteiger partial charge is 0.273 e. The highest BCUT2D eigenvalue weighted by Gasteiger charge is 2.20. The molecule has 0 aliphatic heterocycles. The lowest BCUT2D eigenvalue weighted by Gasteiger charge is -2.09. The van der Waals surface area contributed by atoms with E-state index < -0.39 is 20.9 Å². The van der Waals surface area contributed by atoms with Crippen LogP contribution >= 0.6 is 11.8 Å². The Morgan fingerprint density at radius 2 is 1.85 bits per heavy atom. The van der Waals surface area contributed by atoms with Crippen LogP contribution in [0, 0.1) is 17.0 Å². The van der Waals surface area contributed by atoms with Crippen LogP contribution in [0.2, 0.25) is 0 Å². The predicted molar refractivity (Wildman–Crippen MR) is 99.3 cm³/mol. The maximum absolute atomic E-state index is 12.2. The first-order valence-corrected chi connectivity index (χ1v) is 10.3. The molecule has 0 spiro atoms. The van der Waals surface area contributed by atoms with Crippen LogP contribution in [0.1, 0.15) is 21.5 Å². The first-order valence-electron chi connectivity index (χ1n) is 7.39. The highest BCUT2D eigenvalue weighted by atomic mass is 32.2. The molecule has 0 fully saturated rings. The number of hydrogen-bond acceptors (Lipinski definition) is 6. The summed E-state index contributed by atoms with van der Waals surface area (Å²) in [4.78, 5) is 24.0. The Hall–Kier alpha value is -2.43. The van der Waals surface area contributed by atoms with Crippen LogP contribution in [0.3, 0.4) is 0 Å². The normalized spacial score (nSPS) is 11.2. The van der Waals surface area contributed by atoms with Crippen molar-refractivity contribution in [2.75, 3.05) is 6.26 Å². The number of nitrogens with one attached hydrogen (secondary N) is 2. The molecule has 2 aromatic carbocycles. The third-order valence-corrected chi connectivity index (χ3v) is 5.38. The number of nitro groups is 1. The largest absolute Gasteiger partial charge is 0.273 e. The molecule has 0 unspecified atom stereocenters. The molecular formula is C16H17N3O5S2. The van der Waals surface area contributed by atoms with Crippen LogP contribution in [0.4, 0.5) is 5.69 Å². The fourth-order valence-electron chi connectivity index (χ4n) is 2.12. The molecule has 10 heteroatoms. The van der Waals surface area contributed by atoms with Gasteiger partial charge in [-0.2, -0.15) is 11.8 Å². The summed E-state index contributed by atoms with van der Waals surface area (Å²) in [6.45, 7) is 1.50. The van der Waals surface area contributed by atoms with E-state index in [2.05, 4.69) is 5.43 Å². The van der Waals surface area contributed by atoms with Crippen molar-refractivity contribution < 1.29 is 18.1 Å². The predicted octanol–water partition coefficient (Wildman–Crippen LogP) is 2.39. The summed E-state index contributed by atoms with van der Waals surface area (Å²) in [5, 5.41) is 10.9. The van der Waals surface area contributed by atoms with Crippen LogP contribution in [0.25, 0.3) is 0 Å². The number of carbonyl (C=O) groups is 1. The van der Waals surface area contributed by atoms with Gasteiger partial charge in [0.1, 0.15) is 0 Å². The lowest BCUT2D eigenvalue weighted by molar-refractivity contribution is -0.385. The van der Waals surface area contributed by atoms with Crippen molar-refractivity contribution in [1.29, 1.82) is 0 Å². The second-order valence-electron chi connectivity index (χ2n) is 5.39. The lowest BCUT2D eigenvalue weighted by atomic mass is 10.1. The second kappa shape index (κ2) is 8.30. The molecule has 0 saturated heterocycles. The molecule has 2 N–H and O–H groups in total. The van der Waals surface area contributed by atoms with E-state index in [1.54, 1.807) is 36.0 Å². The van der Waals surface area contributed by atoms with E-state index in [1.165, 1.54) is 19.1 Å². The zero-order chi connectivity index (χ0) is 19.3. The van der Waals surface area contributed by atoms with E-state index in [0.29, 0.717) is 5.56 Å². The first-order chi connectivity index (χ1) is 12.2. The van der Waals surface area contributed by atoms with Gasteiger partial charge in [-0.1, -0.05) is 18.2 Å². The molecule has 0 radical (unpaired) electrons. The summed E-state index contributed by atoms with van der Waals surface area (Å²) in [7, 11) is -4.14. The van der Waals surface area contributed by atoms with Crippen LogP contribution in [0.15, 0.2) is 47.4 Å². The van der Waals surface area contributed by atoms with E-state index in [1.807, 2.05) is 11.1 Å². The molecule has 0 heterocycles. The molecule has 138 valence electrons. The Bertz CT molecular complexity index is 927. The minimum atomic E-state index is -4.14. The van der Waals surface area contributed by atoms with Gasteiger partial charge in [0.05, 0.1) is 9.82 Å². The standard InChI is InChI=1S/C16H17N3O5S2/c1-11-3-8-14(9-15(11)19(21)22)26(23,24)18-17-16(20)13-6-4-12(5-7-13)10-25-2/h3-9,18H,10H2,1-2H3,(H,17,20). The number of hydrogen-bond donors (Lipinski definition) is 2. The van der Waals surface area contributed by atoms with E-state index in [-0.39, 0.29) is 16.1 Å². The van der Waals surface area contributed by atoms with Crippen molar-refractivity contribution in [3.63, 3.8) is 0 Å². The SMILES string of the molecule is CSCc1ccc(C(=O)NNS(=O)(=O)c2ccc(C)c([N+](=O)[O-])c2)cc1. The molecule has 0 aromatic heterocycles. The van der Waals surface area contributed by atoms with Gasteiger partial charge < -0.3 is 0 Å². The van der Waals surface area contributed by atoms with Gasteiger partial charge in [-0.3, -0.25) is 20.3 Å². The summed E-state index contributed by atoms with van der Waals surface area (Å²) in [6.07, 6.45) is 1.96. The molecule has 2 rings (SSSR count). The van der Waals surface area contributed by atoms with Gasteiger partial charge >= 0.3 is 0 Å². The maximum atomic E-state index is 12.2. The number of aryl methyl sites for hydroxylation is 1. The van der Waals surface area contributed by atoms with E-state index in [0.717, 1.165) is 17.4 Å². The molecule has 0 aliphatic carbocycles. The van der Waals surface area contributed by atoms with Crippen LogP contribution in [-0.2, 0) is 15.8 Å². The van der Waals surface area contributed by atoms with Crippen molar-refractivity contribution in [1.82, 2.24) is 10.3 Å². The third-order valence-electron chi connectivity index (χ3n) is 3.51. The minimum absolute atomic E-state index is 0.285. The quantitative estimate of drug-likeness (QED) is 0.549. The van der Waals surface area contributed by atoms with E-state index in [4.69, 9.17) is 0 Å². The van der Waals surface area contributed by atoms with Crippen molar-refractivity contribution >= 4 is 33.4 Å². The highest BCUT2D eigenvalue weighted by Crippen LogP contribution is 2.21. The number of nitrogens with zero attached hydrogens (tertiary/aromatic N) is 1. The first kappa shape index (κ1) is 19.9. The number of benzene rings is 2. The zero-order valence-corrected chi connectivity index (χ0v) is 15.7. The summed E-state index contributed by atoms with van der Waals surface area (Å²) >= 11 is 1.64. The number of rotatable bonds is 7. The molecule has 0 bridgehead atoms. The monoisotopic (exact) mass is 395 g/mol. The molecular weight excluding hydrogens is 378 g/mol. The van der Waals surface area contributed by atoms with Gasteiger partial charge in [-0.25, -0.2) is 8.42 Å². The number of nitro benzene ring substituents is 1. The van der Waals surface area contributed by atoms with Gasteiger partial charge in [0, 0.05) is 22.9 Å². The Balaban J connectivity index is 2.11. The molecule has 2 aromatic rings. The highest BCUT2D eigenvalue weighted by molar-refractivity contribution is 7.97. The lowest BCUT2D eigenvalue weighted by Crippen LogP contribution is -2.41. The van der Waals surface area contributed by atoms with E-state index >= 15 is 0 Å². The average Bonchev–Trinajstić information content (AvgIpc) is 2.60. The van der Waals surface area contributed by atoms with Crippen LogP contribution in [-0.4, -0.2) is 25.5 Å². The average molecular weight is 395 g/mol. The fraction of sp³-hybridized carbons (Fsp3) is 0.188. The van der Waals surface area contributed by atoms with Crippen molar-refractivity contribution in [3.05, 3.63) is 69.3 Å². The third kappa shape index (κ3) is 4.81. The van der Waals surface area contributed by atoms with Crippen molar-refractivity contribution in [3.8, 4) is 0 Å². The fourth-order valence-corrected chi connectivity index (χ4v) is 3.50. The second-order valence-corrected chi connectivity index (χ2v) is 7.94. The molecule has 0 aliphatic rings. The number of thioether (sulfide) groups is 1. The van der Waals surface area contributed by atoms with Crippen molar-refractivity contribution in [2.24, 2.45) is 0 Å². The molecule has 0 atom stereocenters. The minimum Gasteiger partial charge on any atom is -0.273 e. The topological polar surface area (TPSA) is 118 Å². The molecule has 8 nitrogen and oxygen atoms in total. The van der Waals surface area contributed by atoms with Crippen LogP contribution < -0.4 is 10.3 Å². The number of amides is 1. The Morgan fingerprint density at radius 3 is 2.42 bits per heavy atom. The van der Waals surface area contributed by atoms with Gasteiger partial charge in [-0.05, 0) is 36.9 Å². The Morgan fingerprint density at radius 1 is 1.19 bits per heavy atom. The number of carbonyl (C=O) groups excluding carboxylic acids is 1. The summed E-state index contributed by atoms with van der Waals surface area (Å²) in [5.41, 5.74) is 3.45. The Labute approximate surface area is 155 Å². The van der Waals surface area contributed by atoms with Crippen LogP contribution in [0.5, 0.6) is 0 Å². The maximum Gasteiger partial charge on any atom is 0.273 e. The van der Waals surface area contributed by atoms with Gasteiger partial charge in [-0.15, -0.1) is 4.83 Å². The number of hydrazine groups is 1. The summed E-state index contributed by atoms with van der Waals surface area (Å²) in [5.74, 6) is 0.173. The molecule has 1 amide bonds. The van der Waals surface area contributed by atoms with Crippen molar-refractivity contribution in [2.45, 2.75) is 17.6 Å². The van der Waals surface area contributed by atoms with Gasteiger partial charge in [0.15, 0.2) is 0 Å². The summed E-state index contributed by atoms with van der Waals surface area (Å²) in [6, 6.07) is 10.2. The molecule has 0 saturated carbocycles.